The summed E-state index contributed by atoms with van der Waals surface area (Å²) in [4.78, 5) is 12.1. The lowest BCUT2D eigenvalue weighted by Crippen LogP contribution is -2.08. The molecule has 0 heterocycles. The second kappa shape index (κ2) is 5.19. The summed E-state index contributed by atoms with van der Waals surface area (Å²) < 4.78 is 4.63. The van der Waals surface area contributed by atoms with E-state index in [-0.39, 0.29) is 5.56 Å². The number of alkyl halides is 1. The third kappa shape index (κ3) is 2.52. The monoisotopic (exact) mass is 285 g/mol. The molecular formula is C10H8BrNO2S. The van der Waals surface area contributed by atoms with Crippen LogP contribution in [0.4, 0.5) is 0 Å². The first-order chi connectivity index (χ1) is 7.13. The molecule has 1 rings (SSSR count). The lowest BCUT2D eigenvalue weighted by atomic mass is 10.0. The number of hydrogen-bond donors (Lipinski definition) is 1. The predicted molar refractivity (Wildman–Crippen MR) is 62.4 cm³/mol. The molecule has 1 aromatic rings. The SMILES string of the molecule is COC(=O)c1c(C#N)cc(S)cc1CBr. The number of thiol groups is 1. The van der Waals surface area contributed by atoms with Gasteiger partial charge in [-0.2, -0.15) is 5.26 Å². The highest BCUT2D eigenvalue weighted by Crippen LogP contribution is 2.22. The summed E-state index contributed by atoms with van der Waals surface area (Å²) in [6.07, 6.45) is 0. The summed E-state index contributed by atoms with van der Waals surface area (Å²) in [5.74, 6) is -0.505. The number of ether oxygens (including phenoxy) is 1. The van der Waals surface area contributed by atoms with E-state index < -0.39 is 5.97 Å². The van der Waals surface area contributed by atoms with Gasteiger partial charge in [-0.25, -0.2) is 4.79 Å². The molecule has 0 aromatic heterocycles. The number of rotatable bonds is 2. The molecule has 0 aliphatic heterocycles. The van der Waals surface area contributed by atoms with Crippen molar-refractivity contribution in [3.05, 3.63) is 28.8 Å². The van der Waals surface area contributed by atoms with Gasteiger partial charge in [-0.05, 0) is 17.7 Å². The van der Waals surface area contributed by atoms with E-state index in [0.29, 0.717) is 21.4 Å². The van der Waals surface area contributed by atoms with Gasteiger partial charge in [0.15, 0.2) is 0 Å². The standard InChI is InChI=1S/C10H8BrNO2S/c1-14-10(13)9-6(4-11)2-8(15)3-7(9)5-12/h2-3,15H,4H2,1H3. The minimum absolute atomic E-state index is 0.281. The lowest BCUT2D eigenvalue weighted by molar-refractivity contribution is 0.0599. The van der Waals surface area contributed by atoms with Crippen molar-refractivity contribution in [1.82, 2.24) is 0 Å². The van der Waals surface area contributed by atoms with Crippen molar-refractivity contribution in [3.8, 4) is 6.07 Å². The van der Waals surface area contributed by atoms with E-state index >= 15 is 0 Å². The van der Waals surface area contributed by atoms with E-state index in [9.17, 15) is 4.79 Å². The molecule has 0 saturated carbocycles. The Kier molecular flexibility index (Phi) is 4.18. The van der Waals surface area contributed by atoms with Gasteiger partial charge in [0.05, 0.1) is 18.2 Å². The van der Waals surface area contributed by atoms with Crippen molar-refractivity contribution < 1.29 is 9.53 Å². The van der Waals surface area contributed by atoms with E-state index in [0.717, 1.165) is 0 Å². The van der Waals surface area contributed by atoms with Gasteiger partial charge in [-0.3, -0.25) is 0 Å². The van der Waals surface area contributed by atoms with Crippen LogP contribution in [0.5, 0.6) is 0 Å². The average molecular weight is 286 g/mol. The second-order valence-electron chi connectivity index (χ2n) is 2.76. The molecule has 0 aliphatic carbocycles. The van der Waals surface area contributed by atoms with Crippen LogP contribution in [0.25, 0.3) is 0 Å². The second-order valence-corrected chi connectivity index (χ2v) is 3.84. The van der Waals surface area contributed by atoms with Crippen LogP contribution in [-0.4, -0.2) is 13.1 Å². The van der Waals surface area contributed by atoms with Gasteiger partial charge in [0.2, 0.25) is 0 Å². The minimum atomic E-state index is -0.505. The van der Waals surface area contributed by atoms with Crippen LogP contribution in [0.1, 0.15) is 21.5 Å². The molecule has 5 heteroatoms. The van der Waals surface area contributed by atoms with E-state index in [1.54, 1.807) is 12.1 Å². The molecule has 0 unspecified atom stereocenters. The molecule has 0 atom stereocenters. The van der Waals surface area contributed by atoms with Crippen molar-refractivity contribution in [2.24, 2.45) is 0 Å². The zero-order chi connectivity index (χ0) is 11.4. The average Bonchev–Trinajstić information content (AvgIpc) is 2.26. The smallest absolute Gasteiger partial charge is 0.339 e. The maximum atomic E-state index is 11.5. The number of carbonyl (C=O) groups is 1. The highest BCUT2D eigenvalue weighted by Gasteiger charge is 2.17. The van der Waals surface area contributed by atoms with E-state index in [1.165, 1.54) is 7.11 Å². The first kappa shape index (κ1) is 12.1. The fourth-order valence-electron chi connectivity index (χ4n) is 1.22. The molecule has 3 nitrogen and oxygen atoms in total. The molecule has 0 fully saturated rings. The summed E-state index contributed by atoms with van der Waals surface area (Å²) in [6, 6.07) is 5.23. The van der Waals surface area contributed by atoms with Gasteiger partial charge in [0, 0.05) is 10.2 Å². The number of hydrogen-bond acceptors (Lipinski definition) is 4. The first-order valence-electron chi connectivity index (χ1n) is 4.04. The molecule has 0 radical (unpaired) electrons. The molecule has 0 bridgehead atoms. The molecule has 78 valence electrons. The number of nitriles is 1. The van der Waals surface area contributed by atoms with E-state index in [2.05, 4.69) is 33.3 Å². The number of methoxy groups -OCH3 is 1. The van der Waals surface area contributed by atoms with Gasteiger partial charge >= 0.3 is 5.97 Å². The highest BCUT2D eigenvalue weighted by molar-refractivity contribution is 9.08. The Morgan fingerprint density at radius 1 is 1.67 bits per heavy atom. The van der Waals surface area contributed by atoms with Gasteiger partial charge in [-0.15, -0.1) is 12.6 Å². The Labute approximate surface area is 102 Å². The Morgan fingerprint density at radius 3 is 2.80 bits per heavy atom. The van der Waals surface area contributed by atoms with Crippen molar-refractivity contribution in [2.45, 2.75) is 10.2 Å². The van der Waals surface area contributed by atoms with Gasteiger partial charge in [-0.1, -0.05) is 15.9 Å². The number of esters is 1. The van der Waals surface area contributed by atoms with Crippen LogP contribution in [0.2, 0.25) is 0 Å². The molecule has 0 aliphatic rings. The minimum Gasteiger partial charge on any atom is -0.465 e. The van der Waals surface area contributed by atoms with Crippen LogP contribution < -0.4 is 0 Å². The Bertz CT molecular complexity index is 440. The van der Waals surface area contributed by atoms with Crippen molar-refractivity contribution in [3.63, 3.8) is 0 Å². The summed E-state index contributed by atoms with van der Waals surface area (Å²) in [5, 5.41) is 9.37. The fraction of sp³-hybridized carbons (Fsp3) is 0.200. The molecule has 0 amide bonds. The lowest BCUT2D eigenvalue weighted by Gasteiger charge is -2.08. The summed E-state index contributed by atoms with van der Waals surface area (Å²) in [6.45, 7) is 0. The Hall–Kier alpha value is -0.990. The molecule has 15 heavy (non-hydrogen) atoms. The molecule has 0 spiro atoms. The first-order valence-corrected chi connectivity index (χ1v) is 5.61. The van der Waals surface area contributed by atoms with Crippen molar-refractivity contribution >= 4 is 34.5 Å². The van der Waals surface area contributed by atoms with Gasteiger partial charge in [0.25, 0.3) is 0 Å². The van der Waals surface area contributed by atoms with E-state index in [4.69, 9.17) is 5.26 Å². The summed E-state index contributed by atoms with van der Waals surface area (Å²) in [7, 11) is 1.29. The Morgan fingerprint density at radius 2 is 2.33 bits per heavy atom. The normalized spacial score (nSPS) is 9.47. The predicted octanol–water partition coefficient (Wildman–Crippen LogP) is 2.53. The number of nitrogens with zero attached hydrogens (tertiary/aromatic N) is 1. The topological polar surface area (TPSA) is 50.1 Å². The summed E-state index contributed by atoms with van der Waals surface area (Å²) in [5.41, 5.74) is 1.28. The zero-order valence-electron chi connectivity index (χ0n) is 7.95. The van der Waals surface area contributed by atoms with Crippen LogP contribution in [0, 0.1) is 11.3 Å². The number of carbonyl (C=O) groups excluding carboxylic acids is 1. The molecule has 0 N–H and O–H groups in total. The third-order valence-electron chi connectivity index (χ3n) is 1.86. The number of benzene rings is 1. The van der Waals surface area contributed by atoms with Crippen molar-refractivity contribution in [1.29, 1.82) is 5.26 Å². The molecule has 0 saturated heterocycles. The van der Waals surface area contributed by atoms with Gasteiger partial charge < -0.3 is 4.74 Å². The Balaban J connectivity index is 3.45. The van der Waals surface area contributed by atoms with Gasteiger partial charge in [0.1, 0.15) is 6.07 Å². The summed E-state index contributed by atoms with van der Waals surface area (Å²) >= 11 is 7.40. The van der Waals surface area contributed by atoms with Crippen LogP contribution in [0.3, 0.4) is 0 Å². The molecule has 1 aromatic carbocycles. The maximum Gasteiger partial charge on any atom is 0.339 e. The van der Waals surface area contributed by atoms with E-state index in [1.807, 2.05) is 6.07 Å². The van der Waals surface area contributed by atoms with Crippen LogP contribution >= 0.6 is 28.6 Å². The third-order valence-corrected chi connectivity index (χ3v) is 2.72. The fourth-order valence-corrected chi connectivity index (χ4v) is 1.95. The van der Waals surface area contributed by atoms with Crippen LogP contribution in [-0.2, 0) is 10.1 Å². The molecular weight excluding hydrogens is 278 g/mol. The largest absolute Gasteiger partial charge is 0.465 e. The van der Waals surface area contributed by atoms with Crippen LogP contribution in [0.15, 0.2) is 17.0 Å². The number of halogens is 1. The van der Waals surface area contributed by atoms with Crippen molar-refractivity contribution in [2.75, 3.05) is 7.11 Å². The quantitative estimate of drug-likeness (QED) is 0.516. The zero-order valence-corrected chi connectivity index (χ0v) is 10.4. The maximum absolute atomic E-state index is 11.5. The highest BCUT2D eigenvalue weighted by atomic mass is 79.9.